The van der Waals surface area contributed by atoms with Crippen LogP contribution in [0.25, 0.3) is 0 Å². The van der Waals surface area contributed by atoms with Crippen molar-refractivity contribution in [1.82, 2.24) is 0 Å². The van der Waals surface area contributed by atoms with Crippen molar-refractivity contribution in [2.24, 2.45) is 0 Å². The van der Waals surface area contributed by atoms with Crippen molar-refractivity contribution in [2.75, 3.05) is 19.0 Å². The second-order valence-corrected chi connectivity index (χ2v) is 3.82. The van der Waals surface area contributed by atoms with E-state index in [1.807, 2.05) is 0 Å². The highest BCUT2D eigenvalue weighted by Crippen LogP contribution is 2.29. The number of rotatable bonds is 4. The Bertz CT molecular complexity index is 375. The topological polar surface area (TPSA) is 52.3 Å². The van der Waals surface area contributed by atoms with Gasteiger partial charge >= 0.3 is 5.97 Å². The Labute approximate surface area is 102 Å². The molecule has 88 valence electrons. The van der Waals surface area contributed by atoms with Gasteiger partial charge in [0.2, 0.25) is 0 Å². The van der Waals surface area contributed by atoms with Gasteiger partial charge in [0, 0.05) is 6.42 Å². The molecule has 1 aromatic rings. The summed E-state index contributed by atoms with van der Waals surface area (Å²) >= 11 is 11.5. The zero-order valence-corrected chi connectivity index (χ0v) is 9.82. The van der Waals surface area contributed by atoms with E-state index in [2.05, 4.69) is 0 Å². The van der Waals surface area contributed by atoms with E-state index in [9.17, 15) is 9.18 Å². The first-order chi connectivity index (χ1) is 7.56. The molecule has 0 aliphatic rings. The SMILES string of the molecule is Nc1cc(C(=O)OCCCF)cc(Cl)c1Cl. The quantitative estimate of drug-likeness (QED) is 0.517. The molecule has 0 atom stereocenters. The zero-order valence-electron chi connectivity index (χ0n) is 8.30. The Hall–Kier alpha value is -1.00. The van der Waals surface area contributed by atoms with Gasteiger partial charge in [0.05, 0.1) is 34.6 Å². The standard InChI is InChI=1S/C10H10Cl2FNO2/c11-7-4-6(5-8(14)9(7)12)10(15)16-3-1-2-13/h4-5H,1-3,14H2. The lowest BCUT2D eigenvalue weighted by Crippen LogP contribution is -2.07. The van der Waals surface area contributed by atoms with Crippen molar-refractivity contribution in [3.63, 3.8) is 0 Å². The van der Waals surface area contributed by atoms with Gasteiger partial charge in [-0.25, -0.2) is 4.79 Å². The molecule has 0 saturated carbocycles. The summed E-state index contributed by atoms with van der Waals surface area (Å²) in [7, 11) is 0. The fourth-order valence-electron chi connectivity index (χ4n) is 1.03. The van der Waals surface area contributed by atoms with Gasteiger partial charge in [-0.15, -0.1) is 0 Å². The summed E-state index contributed by atoms with van der Waals surface area (Å²) in [6.45, 7) is -0.508. The van der Waals surface area contributed by atoms with Gasteiger partial charge in [0.15, 0.2) is 0 Å². The lowest BCUT2D eigenvalue weighted by molar-refractivity contribution is 0.0494. The van der Waals surface area contributed by atoms with Crippen LogP contribution >= 0.6 is 23.2 Å². The van der Waals surface area contributed by atoms with E-state index in [1.165, 1.54) is 12.1 Å². The van der Waals surface area contributed by atoms with Gasteiger partial charge in [-0.05, 0) is 12.1 Å². The van der Waals surface area contributed by atoms with Gasteiger partial charge in [-0.2, -0.15) is 0 Å². The number of carbonyl (C=O) groups is 1. The number of carbonyl (C=O) groups excluding carboxylic acids is 1. The Morgan fingerprint density at radius 2 is 2.12 bits per heavy atom. The van der Waals surface area contributed by atoms with Crippen LogP contribution < -0.4 is 5.73 Å². The minimum atomic E-state index is -0.598. The minimum absolute atomic E-state index is 0.0233. The molecule has 0 saturated heterocycles. The van der Waals surface area contributed by atoms with Gasteiger partial charge < -0.3 is 10.5 Å². The van der Waals surface area contributed by atoms with E-state index < -0.39 is 12.6 Å². The monoisotopic (exact) mass is 265 g/mol. The number of halogens is 3. The van der Waals surface area contributed by atoms with Crippen molar-refractivity contribution in [3.05, 3.63) is 27.7 Å². The maximum atomic E-state index is 11.8. The number of hydrogen-bond acceptors (Lipinski definition) is 3. The molecule has 0 amide bonds. The second kappa shape index (κ2) is 5.92. The van der Waals surface area contributed by atoms with Crippen molar-refractivity contribution in [1.29, 1.82) is 0 Å². The van der Waals surface area contributed by atoms with Gasteiger partial charge in [0.1, 0.15) is 0 Å². The third kappa shape index (κ3) is 3.25. The number of anilines is 1. The zero-order chi connectivity index (χ0) is 12.1. The molecule has 0 unspecified atom stereocenters. The number of benzene rings is 1. The molecule has 3 nitrogen and oxygen atoms in total. The molecule has 0 aliphatic heterocycles. The van der Waals surface area contributed by atoms with Crippen LogP contribution in [-0.2, 0) is 4.74 Å². The predicted octanol–water partition coefficient (Wildman–Crippen LogP) is 3.09. The van der Waals surface area contributed by atoms with Gasteiger partial charge in [-0.1, -0.05) is 23.2 Å². The maximum absolute atomic E-state index is 11.8. The highest BCUT2D eigenvalue weighted by molar-refractivity contribution is 6.43. The van der Waals surface area contributed by atoms with Crippen LogP contribution in [0, 0.1) is 0 Å². The predicted molar refractivity (Wildman–Crippen MR) is 61.7 cm³/mol. The molecule has 0 spiro atoms. The van der Waals surface area contributed by atoms with Crippen molar-refractivity contribution in [2.45, 2.75) is 6.42 Å². The second-order valence-electron chi connectivity index (χ2n) is 3.04. The molecule has 1 aromatic carbocycles. The third-order valence-corrected chi connectivity index (χ3v) is 2.62. The summed E-state index contributed by atoms with van der Waals surface area (Å²) in [6.07, 6.45) is 0.169. The Kier molecular flexibility index (Phi) is 4.83. The number of alkyl halides is 1. The number of esters is 1. The van der Waals surface area contributed by atoms with Crippen molar-refractivity contribution >= 4 is 34.9 Å². The van der Waals surface area contributed by atoms with E-state index >= 15 is 0 Å². The average Bonchev–Trinajstić information content (AvgIpc) is 2.25. The largest absolute Gasteiger partial charge is 0.462 e. The maximum Gasteiger partial charge on any atom is 0.338 e. The Balaban J connectivity index is 2.76. The molecular weight excluding hydrogens is 256 g/mol. The molecule has 0 aromatic heterocycles. The summed E-state index contributed by atoms with van der Waals surface area (Å²) in [5, 5.41) is 0.376. The molecule has 0 fully saturated rings. The molecular formula is C10H10Cl2FNO2. The number of nitrogens with two attached hydrogens (primary N) is 1. The van der Waals surface area contributed by atoms with E-state index in [4.69, 9.17) is 33.7 Å². The van der Waals surface area contributed by atoms with Crippen LogP contribution in [0.2, 0.25) is 10.0 Å². The molecule has 6 heteroatoms. The molecule has 0 aliphatic carbocycles. The fourth-order valence-corrected chi connectivity index (χ4v) is 1.37. The summed E-state index contributed by atoms with van der Waals surface area (Å²) in [5.74, 6) is -0.598. The Morgan fingerprint density at radius 3 is 2.69 bits per heavy atom. The molecule has 2 N–H and O–H groups in total. The summed E-state index contributed by atoms with van der Waals surface area (Å²) in [5.41, 5.74) is 5.93. The lowest BCUT2D eigenvalue weighted by atomic mass is 10.2. The van der Waals surface area contributed by atoms with E-state index in [0.717, 1.165) is 0 Å². The summed E-state index contributed by atoms with van der Waals surface area (Å²) in [6, 6.07) is 2.73. The normalized spacial score (nSPS) is 10.2. The first kappa shape index (κ1) is 13.1. The van der Waals surface area contributed by atoms with Crippen molar-refractivity contribution in [3.8, 4) is 0 Å². The molecule has 1 rings (SSSR count). The average molecular weight is 266 g/mol. The molecule has 16 heavy (non-hydrogen) atoms. The van der Waals surface area contributed by atoms with Gasteiger partial charge in [-0.3, -0.25) is 4.39 Å². The first-order valence-corrected chi connectivity index (χ1v) is 5.29. The molecule has 0 bridgehead atoms. The van der Waals surface area contributed by atoms with Crippen LogP contribution in [0.5, 0.6) is 0 Å². The van der Waals surface area contributed by atoms with E-state index in [-0.39, 0.29) is 34.3 Å². The van der Waals surface area contributed by atoms with Crippen LogP contribution in [0.15, 0.2) is 12.1 Å². The van der Waals surface area contributed by atoms with E-state index in [1.54, 1.807) is 0 Å². The number of ether oxygens (including phenoxy) is 1. The summed E-state index contributed by atoms with van der Waals surface area (Å²) < 4.78 is 16.6. The Morgan fingerprint density at radius 1 is 1.44 bits per heavy atom. The van der Waals surface area contributed by atoms with Crippen LogP contribution in [-0.4, -0.2) is 19.3 Å². The molecule has 0 heterocycles. The van der Waals surface area contributed by atoms with Crippen LogP contribution in [0.1, 0.15) is 16.8 Å². The smallest absolute Gasteiger partial charge is 0.338 e. The highest BCUT2D eigenvalue weighted by atomic mass is 35.5. The highest BCUT2D eigenvalue weighted by Gasteiger charge is 2.12. The van der Waals surface area contributed by atoms with Crippen LogP contribution in [0.4, 0.5) is 10.1 Å². The number of nitrogen functional groups attached to an aromatic ring is 1. The van der Waals surface area contributed by atoms with Crippen molar-refractivity contribution < 1.29 is 13.9 Å². The molecule has 0 radical (unpaired) electrons. The first-order valence-electron chi connectivity index (χ1n) is 4.54. The minimum Gasteiger partial charge on any atom is -0.462 e. The van der Waals surface area contributed by atoms with Gasteiger partial charge in [0.25, 0.3) is 0 Å². The fraction of sp³-hybridized carbons (Fsp3) is 0.300. The third-order valence-electron chi connectivity index (χ3n) is 1.80. The number of hydrogen-bond donors (Lipinski definition) is 1. The van der Waals surface area contributed by atoms with E-state index in [0.29, 0.717) is 0 Å². The lowest BCUT2D eigenvalue weighted by Gasteiger charge is -2.06. The summed E-state index contributed by atoms with van der Waals surface area (Å²) in [4.78, 5) is 11.4. The van der Waals surface area contributed by atoms with Crippen LogP contribution in [0.3, 0.4) is 0 Å².